The molecule has 11 amide bonds. The summed E-state index contributed by atoms with van der Waals surface area (Å²) in [7, 11) is 0. The van der Waals surface area contributed by atoms with Gasteiger partial charge in [-0.25, -0.2) is 14.6 Å². The van der Waals surface area contributed by atoms with Gasteiger partial charge in [-0.1, -0.05) is 195 Å². The first-order chi connectivity index (χ1) is 65.4. The van der Waals surface area contributed by atoms with Crippen molar-refractivity contribution in [3.05, 3.63) is 227 Å². The van der Waals surface area contributed by atoms with Gasteiger partial charge in [0.1, 0.15) is 71.8 Å². The van der Waals surface area contributed by atoms with Gasteiger partial charge in [0.25, 0.3) is 5.91 Å². The van der Waals surface area contributed by atoms with Gasteiger partial charge >= 0.3 is 17.9 Å². The van der Waals surface area contributed by atoms with Crippen molar-refractivity contribution in [1.29, 1.82) is 0 Å². The molecule has 19 atom stereocenters. The van der Waals surface area contributed by atoms with Crippen molar-refractivity contribution in [2.24, 2.45) is 51.9 Å². The maximum Gasteiger partial charge on any atom is 0.350 e. The number of rotatable bonds is 44. The third-order valence-corrected chi connectivity index (χ3v) is 26.7. The molecule has 38 heteroatoms. The van der Waals surface area contributed by atoms with Crippen LogP contribution in [0, 0.1) is 129 Å². The number of hydrogen-bond donors (Lipinski definition) is 16. The van der Waals surface area contributed by atoms with E-state index in [1.807, 2.05) is 52.0 Å². The number of nitrogens with one attached hydrogen (secondary N) is 10. The summed E-state index contributed by atoms with van der Waals surface area (Å²) in [5.41, 5.74) is 5.93. The summed E-state index contributed by atoms with van der Waals surface area (Å²) < 4.78 is 24.7. The minimum absolute atomic E-state index is 0. The number of aromatic nitrogens is 2. The van der Waals surface area contributed by atoms with E-state index in [0.29, 0.717) is 36.1 Å². The quantitative estimate of drug-likeness (QED) is 0.0143. The Kier molecular flexibility index (Phi) is 40.7. The van der Waals surface area contributed by atoms with E-state index >= 15 is 19.2 Å². The Bertz CT molecular complexity index is 5540. The number of H-pyrrole nitrogens is 1. The number of aliphatic hydroxyl groups is 4. The maximum absolute atomic E-state index is 15.8. The Hall–Kier alpha value is -10.5. The van der Waals surface area contributed by atoms with E-state index in [-0.39, 0.29) is 153 Å². The summed E-state index contributed by atoms with van der Waals surface area (Å²) in [5, 5.41) is 75.7. The molecule has 11 rings (SSSR count). The first-order valence-electron chi connectivity index (χ1n) is 46.6. The zero-order valence-electron chi connectivity index (χ0n) is 80.4. The van der Waals surface area contributed by atoms with E-state index in [9.17, 15) is 73.2 Å². The Morgan fingerprint density at radius 2 is 1.19 bits per heavy atom. The zero-order valence-corrected chi connectivity index (χ0v) is 89.9. The number of aliphatic hydroxyl groups excluding tert-OH is 2. The van der Waals surface area contributed by atoms with Crippen molar-refractivity contribution < 1.29 is 199 Å². The van der Waals surface area contributed by atoms with Gasteiger partial charge in [0, 0.05) is 162 Å². The molecule has 0 spiro atoms. The number of imidazole rings is 1. The second kappa shape index (κ2) is 50.4. The fraction of sp³-hybridized carbons (Fsp3) is 0.471. The number of carbonyl (C=O) groups excluding carboxylic acids is 15. The Balaban J connectivity index is 0.0000110. The fourth-order valence-electron chi connectivity index (χ4n) is 19.0. The van der Waals surface area contributed by atoms with E-state index < -0.39 is 259 Å². The predicted molar refractivity (Wildman–Crippen MR) is 503 cm³/mol. The molecule has 2 radical (unpaired) electrons. The second-order valence-corrected chi connectivity index (χ2v) is 38.2. The first-order valence-corrected chi connectivity index (χ1v) is 46.6. The van der Waals surface area contributed by atoms with Crippen molar-refractivity contribution >= 4 is 94.2 Å². The normalized spacial score (nSPS) is 22.5. The average Bonchev–Trinajstić information content (AvgIpc) is 0.736. The molecule has 1 aliphatic heterocycles. The number of ketones is 1. The summed E-state index contributed by atoms with van der Waals surface area (Å²) >= 11 is 0. The molecule has 1 saturated heterocycles. The number of nitrogens with two attached hydrogens (primary N) is 2. The van der Waals surface area contributed by atoms with Crippen LogP contribution in [0.2, 0.25) is 0 Å². The molecule has 5 aromatic carbocycles. The SMILES string of the molecule is CC1=C2[C@@H](O)C(=O)C3(C)[C@H](O)C[C@H]4OC[C@@]4(O)[C@H]3[C@H](OC(=O)c3ccccc3)[C@](O)(C[C@@H]1OC(=O)[C@H](OC(=O)CCC(=O)N[C@@H](Cc1ccccc1)C(=O)N[C@@H](CCC(N)=O)C(=O)N[C@@H](CC1=CCc3ccccc31)C(=O)N[C@@H](C)C(=O)NC(C(=O)NCC(=O)N[C@@H](Cc1c[nH]cn1)C(=O)N[C@H](/C=C/C(CC(C)C)C(N)=O)CC(C)C)C(C)C)[C@@H](NC(=O)c1ccccc1)c1ccccc1)C2(C)C.[Ac].[Ac]. The van der Waals surface area contributed by atoms with Crippen LogP contribution in [-0.4, -0.2) is 222 Å². The van der Waals surface area contributed by atoms with Crippen LogP contribution in [0.15, 0.2) is 187 Å². The van der Waals surface area contributed by atoms with Crippen LogP contribution in [0.25, 0.3) is 5.57 Å². The number of nitrogens with zero attached hydrogens (tertiary/aromatic N) is 1. The number of hydrogen-bond acceptors (Lipinski definition) is 24. The Labute approximate surface area is 884 Å². The maximum atomic E-state index is 15.8. The van der Waals surface area contributed by atoms with E-state index in [0.717, 1.165) is 11.1 Å². The van der Waals surface area contributed by atoms with Crippen LogP contribution in [-0.2, 0) is 101 Å². The van der Waals surface area contributed by atoms with Gasteiger partial charge in [-0.15, -0.1) is 0 Å². The summed E-state index contributed by atoms with van der Waals surface area (Å²) in [6.07, 6.45) is -5.55. The molecule has 744 valence electrons. The molecule has 3 unspecified atom stereocenters. The topological polar surface area (TPSA) is 563 Å². The first kappa shape index (κ1) is 113. The number of fused-ring (bicyclic) bond motifs is 6. The molecule has 2 bridgehead atoms. The standard InChI is InChI=1S/C102H127N13O23.2Ac/c1-55(2)44-66(89(104)123)38-39-67(45-56(3)4)109-94(128)73(48-68-51-105-54-107-68)111-79(119)52-106-96(130)82(57(5)6)114-90(124)59(8)108-93(127)72(47-65-37-36-61-28-24-25-35-69(61)65)113-92(126)70(40-41-77(103)117)112-95(129)71(46-60-26-16-12-17-27-60)110-78(118)42-43-80(120)137-85(83(62-29-18-13-19-30-62)115-91(125)63-31-20-14-21-32-63)98(132)136-74-50-102(134)88(138-97(131)64-33-22-15-23-34-64)86-100(11,75(116)49-76-101(86,133)53-135-76)87(122)84(121)81(58(74)7)99(102,9)10;;/h12-35,37-39,51,54-57,59,66-67,70-76,82-86,88,116,121,133-134H,36,40-50,52-53H2,1-11H3,(H2,103,117)(H2,104,123)(H,105,107)(H,106,130)(H,108,127)(H,109,128)(H,110,118)(H,111,119)(H,112,129)(H,113,126)(H,114,124)(H,115,125);;/b39-38+;;/t59-,66?,67+,70-,71-,72-,73-,74-,75+,76+,82?,83-,84+,85+,86-,88-,100?,101-,102+;;/m0../s1. The van der Waals surface area contributed by atoms with Gasteiger partial charge in [0.05, 0.1) is 60.7 Å². The van der Waals surface area contributed by atoms with Crippen LogP contribution in [0.3, 0.4) is 0 Å². The van der Waals surface area contributed by atoms with Gasteiger partial charge < -0.3 is 104 Å². The summed E-state index contributed by atoms with van der Waals surface area (Å²) in [5.74, 6) is -16.7. The number of amides is 11. The van der Waals surface area contributed by atoms with Crippen molar-refractivity contribution in [2.75, 3.05) is 13.2 Å². The van der Waals surface area contributed by atoms with Crippen LogP contribution in [0.1, 0.15) is 189 Å². The molecule has 36 nitrogen and oxygen atoms in total. The number of allylic oxidation sites excluding steroid dienone is 1. The van der Waals surface area contributed by atoms with Gasteiger partial charge in [0.15, 0.2) is 5.78 Å². The van der Waals surface area contributed by atoms with Crippen molar-refractivity contribution in [3.8, 4) is 0 Å². The minimum atomic E-state index is -2.57. The summed E-state index contributed by atoms with van der Waals surface area (Å²) in [6.45, 7) is 17.0. The molecule has 140 heavy (non-hydrogen) atoms. The third kappa shape index (κ3) is 27.9. The van der Waals surface area contributed by atoms with Crippen LogP contribution < -0.4 is 59.3 Å². The summed E-state index contributed by atoms with van der Waals surface area (Å²) in [6, 6.07) is 27.6. The second-order valence-electron chi connectivity index (χ2n) is 38.2. The predicted octanol–water partition coefficient (Wildman–Crippen LogP) is 4.36. The number of ether oxygens (including phenoxy) is 4. The number of esters is 3. The number of benzene rings is 5. The molecule has 18 N–H and O–H groups in total. The number of primary amides is 2. The van der Waals surface area contributed by atoms with Gasteiger partial charge in [-0.05, 0) is 127 Å². The van der Waals surface area contributed by atoms with Gasteiger partial charge in [-0.3, -0.25) is 62.3 Å². The minimum Gasteiger partial charge on any atom is -0.455 e. The molecule has 1 aromatic heterocycles. The largest absolute Gasteiger partial charge is 0.455 e. The average molecular weight is 2360 g/mol. The number of Topliss-reactive ketones (excluding diaryl/α,β-unsaturated/α-hetero) is 1. The van der Waals surface area contributed by atoms with E-state index in [4.69, 9.17) is 30.4 Å². The van der Waals surface area contributed by atoms with Crippen molar-refractivity contribution in [3.63, 3.8) is 0 Å². The molecule has 2 heterocycles. The van der Waals surface area contributed by atoms with Gasteiger partial charge in [-0.2, -0.15) is 0 Å². The Morgan fingerprint density at radius 3 is 1.80 bits per heavy atom. The smallest absolute Gasteiger partial charge is 0.350 e. The van der Waals surface area contributed by atoms with Gasteiger partial charge in [0.2, 0.25) is 65.2 Å². The molecule has 5 aliphatic rings. The van der Waals surface area contributed by atoms with Crippen LogP contribution >= 0.6 is 0 Å². The molecule has 6 aromatic rings. The number of carbonyl (C=O) groups is 15. The third-order valence-electron chi connectivity index (χ3n) is 26.7. The van der Waals surface area contributed by atoms with Crippen LogP contribution in [0.5, 0.6) is 0 Å². The molecule has 2 saturated carbocycles. The zero-order chi connectivity index (χ0) is 100. The van der Waals surface area contributed by atoms with Crippen LogP contribution in [0.4, 0.5) is 0 Å². The molecular formula is C102H127Ac2N13O23. The number of aromatic amines is 1. The van der Waals surface area contributed by atoms with E-state index in [2.05, 4.69) is 57.8 Å². The van der Waals surface area contributed by atoms with E-state index in [1.54, 1.807) is 123 Å². The monoisotopic (exact) mass is 2360 g/mol. The molecule has 4 aliphatic carbocycles. The fourth-order valence-corrected chi connectivity index (χ4v) is 19.0. The van der Waals surface area contributed by atoms with Crippen molar-refractivity contribution in [2.45, 2.75) is 249 Å². The van der Waals surface area contributed by atoms with E-state index in [1.165, 1.54) is 77.3 Å². The molecular weight excluding hydrogens is 2230 g/mol. The Morgan fingerprint density at radius 1 is 0.614 bits per heavy atom. The van der Waals surface area contributed by atoms with Crippen molar-refractivity contribution in [1.82, 2.24) is 57.8 Å². The molecule has 3 fully saturated rings. The summed E-state index contributed by atoms with van der Waals surface area (Å²) in [4.78, 5) is 223.